The van der Waals surface area contributed by atoms with Crippen LogP contribution in [0.2, 0.25) is 0 Å². The lowest BCUT2D eigenvalue weighted by molar-refractivity contribution is 0.249. The van der Waals surface area contributed by atoms with E-state index in [1.165, 1.54) is 92.9 Å². The number of allylic oxidation sites excluding steroid dienone is 2. The Morgan fingerprint density at radius 1 is 0.735 bits per heavy atom. The molecule has 0 atom stereocenters. The highest BCUT2D eigenvalue weighted by Crippen LogP contribution is 2.34. The largest absolute Gasteiger partial charge is 0.496 e. The van der Waals surface area contributed by atoms with Gasteiger partial charge in [-0.25, -0.2) is 0 Å². The Kier molecular flexibility index (Phi) is 11.8. The molecule has 0 N–H and O–H groups in total. The van der Waals surface area contributed by atoms with Crippen molar-refractivity contribution in [1.82, 2.24) is 0 Å². The number of methoxy groups -OCH3 is 1. The van der Waals surface area contributed by atoms with E-state index in [4.69, 9.17) is 4.74 Å². The third-order valence-electron chi connectivity index (χ3n) is 7.78. The summed E-state index contributed by atoms with van der Waals surface area (Å²) in [4.78, 5) is 0. The van der Waals surface area contributed by atoms with Crippen molar-refractivity contribution in [1.29, 1.82) is 0 Å². The molecule has 1 aliphatic carbocycles. The lowest BCUT2D eigenvalue weighted by atomic mass is 9.77. The van der Waals surface area contributed by atoms with Crippen LogP contribution < -0.4 is 4.74 Å². The molecule has 0 saturated heterocycles. The third-order valence-corrected chi connectivity index (χ3v) is 7.78. The van der Waals surface area contributed by atoms with Gasteiger partial charge in [0.25, 0.3) is 0 Å². The maximum Gasteiger partial charge on any atom is 0.122 e. The molecule has 186 valence electrons. The Labute approximate surface area is 210 Å². The Morgan fingerprint density at radius 2 is 1.41 bits per heavy atom. The van der Waals surface area contributed by atoms with Gasteiger partial charge in [-0.05, 0) is 85.1 Å². The molecule has 0 radical (unpaired) electrons. The summed E-state index contributed by atoms with van der Waals surface area (Å²) < 4.78 is 5.54. The van der Waals surface area contributed by atoms with Gasteiger partial charge in [0.05, 0.1) is 7.11 Å². The minimum atomic E-state index is 0.929. The van der Waals surface area contributed by atoms with Gasteiger partial charge < -0.3 is 4.74 Å². The van der Waals surface area contributed by atoms with Crippen LogP contribution in [-0.2, 0) is 25.7 Å². The molecule has 2 aromatic carbocycles. The van der Waals surface area contributed by atoms with Crippen LogP contribution in [0.5, 0.6) is 5.75 Å². The van der Waals surface area contributed by atoms with Crippen LogP contribution in [0.1, 0.15) is 100 Å². The van der Waals surface area contributed by atoms with Gasteiger partial charge in [-0.1, -0.05) is 107 Å². The molecule has 1 fully saturated rings. The molecule has 1 aliphatic rings. The molecule has 0 amide bonds. The fourth-order valence-electron chi connectivity index (χ4n) is 5.62. The van der Waals surface area contributed by atoms with Gasteiger partial charge in [-0.2, -0.15) is 0 Å². The third kappa shape index (κ3) is 8.97. The Bertz CT molecular complexity index is 839. The van der Waals surface area contributed by atoms with E-state index in [1.807, 2.05) is 0 Å². The average molecular weight is 461 g/mol. The maximum absolute atomic E-state index is 5.54. The molecule has 34 heavy (non-hydrogen) atoms. The van der Waals surface area contributed by atoms with Crippen LogP contribution in [0.3, 0.4) is 0 Å². The monoisotopic (exact) mass is 460 g/mol. The maximum atomic E-state index is 5.54. The summed E-state index contributed by atoms with van der Waals surface area (Å²) in [5, 5.41) is 0. The minimum Gasteiger partial charge on any atom is -0.496 e. The van der Waals surface area contributed by atoms with Gasteiger partial charge >= 0.3 is 0 Å². The molecule has 1 nitrogen and oxygen atoms in total. The topological polar surface area (TPSA) is 9.23 Å². The van der Waals surface area contributed by atoms with Gasteiger partial charge in [0.15, 0.2) is 0 Å². The van der Waals surface area contributed by atoms with E-state index in [1.54, 1.807) is 7.11 Å². The highest BCUT2D eigenvalue weighted by Gasteiger charge is 2.20. The zero-order chi connectivity index (χ0) is 24.0. The molecule has 0 aliphatic heterocycles. The van der Waals surface area contributed by atoms with Gasteiger partial charge in [-0.3, -0.25) is 0 Å². The summed E-state index contributed by atoms with van der Waals surface area (Å²) in [6.07, 6.45) is 22.8. The van der Waals surface area contributed by atoms with Crippen molar-refractivity contribution in [3.05, 3.63) is 76.9 Å². The lowest BCUT2D eigenvalue weighted by Crippen LogP contribution is -2.15. The lowest BCUT2D eigenvalue weighted by Gasteiger charge is -2.28. The summed E-state index contributed by atoms with van der Waals surface area (Å²) in [5.41, 5.74) is 5.81. The first kappa shape index (κ1) is 26.6. The quantitative estimate of drug-likeness (QED) is 0.201. The van der Waals surface area contributed by atoms with Gasteiger partial charge in [0.1, 0.15) is 5.75 Å². The summed E-state index contributed by atoms with van der Waals surface area (Å²) in [7, 11) is 1.79. The van der Waals surface area contributed by atoms with Crippen molar-refractivity contribution in [2.75, 3.05) is 7.11 Å². The van der Waals surface area contributed by atoms with Crippen LogP contribution in [0, 0.1) is 11.8 Å². The Balaban J connectivity index is 1.30. The SMILES string of the molecule is CC/C=C/Cc1ccc(CCCCC2CCC(CCc3ccc(OC)c(CCC)c3)CC2)cc1. The van der Waals surface area contributed by atoms with E-state index in [-0.39, 0.29) is 0 Å². The number of hydrogen-bond donors (Lipinski definition) is 0. The smallest absolute Gasteiger partial charge is 0.122 e. The molecule has 0 spiro atoms. The molecular weight excluding hydrogens is 412 g/mol. The van der Waals surface area contributed by atoms with E-state index < -0.39 is 0 Å². The zero-order valence-corrected chi connectivity index (χ0v) is 22.2. The fraction of sp³-hybridized carbons (Fsp3) is 0.576. The van der Waals surface area contributed by atoms with Crippen LogP contribution in [0.4, 0.5) is 0 Å². The summed E-state index contributed by atoms with van der Waals surface area (Å²) in [5.74, 6) is 2.96. The molecular formula is C33H48O. The van der Waals surface area contributed by atoms with Gasteiger partial charge in [0, 0.05) is 0 Å². The van der Waals surface area contributed by atoms with Gasteiger partial charge in [-0.15, -0.1) is 0 Å². The molecule has 1 heteroatoms. The van der Waals surface area contributed by atoms with Crippen LogP contribution in [0.25, 0.3) is 0 Å². The fourth-order valence-corrected chi connectivity index (χ4v) is 5.62. The van der Waals surface area contributed by atoms with Crippen molar-refractivity contribution in [2.45, 2.75) is 104 Å². The second-order valence-corrected chi connectivity index (χ2v) is 10.5. The summed E-state index contributed by atoms with van der Waals surface area (Å²) >= 11 is 0. The van der Waals surface area contributed by atoms with Crippen LogP contribution >= 0.6 is 0 Å². The van der Waals surface area contributed by atoms with E-state index in [0.717, 1.165) is 36.8 Å². The van der Waals surface area contributed by atoms with Gasteiger partial charge in [0.2, 0.25) is 0 Å². The molecule has 0 aromatic heterocycles. The normalized spacial score (nSPS) is 18.4. The predicted molar refractivity (Wildman–Crippen MR) is 148 cm³/mol. The van der Waals surface area contributed by atoms with E-state index in [2.05, 4.69) is 68.5 Å². The number of hydrogen-bond acceptors (Lipinski definition) is 1. The second kappa shape index (κ2) is 15.1. The molecule has 2 aromatic rings. The minimum absolute atomic E-state index is 0.929. The molecule has 3 rings (SSSR count). The predicted octanol–water partition coefficient (Wildman–Crippen LogP) is 9.31. The van der Waals surface area contributed by atoms with Crippen molar-refractivity contribution in [3.63, 3.8) is 0 Å². The number of aryl methyl sites for hydroxylation is 3. The van der Waals surface area contributed by atoms with E-state index in [9.17, 15) is 0 Å². The standard InChI is InChI=1S/C33H48O/c1-4-6-7-11-27-14-16-28(17-15-27)12-8-9-13-29-18-20-30(21-19-29)22-23-31-24-25-33(34-3)32(26-31)10-5-2/h6-7,14-17,24-26,29-30H,4-5,8-13,18-23H2,1-3H3/b7-6+. The van der Waals surface area contributed by atoms with Crippen molar-refractivity contribution >= 4 is 0 Å². The number of ether oxygens (including phenoxy) is 1. The van der Waals surface area contributed by atoms with Crippen molar-refractivity contribution < 1.29 is 4.74 Å². The number of rotatable bonds is 14. The Hall–Kier alpha value is -2.02. The first-order valence-corrected chi connectivity index (χ1v) is 14.1. The first-order chi connectivity index (χ1) is 16.7. The number of unbranched alkanes of at least 4 members (excludes halogenated alkanes) is 1. The highest BCUT2D eigenvalue weighted by molar-refractivity contribution is 5.37. The highest BCUT2D eigenvalue weighted by atomic mass is 16.5. The molecule has 1 saturated carbocycles. The Morgan fingerprint density at radius 3 is 2.09 bits per heavy atom. The second-order valence-electron chi connectivity index (χ2n) is 10.5. The summed E-state index contributed by atoms with van der Waals surface area (Å²) in [6.45, 7) is 4.44. The van der Waals surface area contributed by atoms with E-state index in [0.29, 0.717) is 0 Å². The van der Waals surface area contributed by atoms with Crippen LogP contribution in [-0.4, -0.2) is 7.11 Å². The number of benzene rings is 2. The molecule has 0 unspecified atom stereocenters. The molecule has 0 heterocycles. The zero-order valence-electron chi connectivity index (χ0n) is 22.2. The van der Waals surface area contributed by atoms with Crippen molar-refractivity contribution in [2.24, 2.45) is 11.8 Å². The average Bonchev–Trinajstić information content (AvgIpc) is 2.87. The van der Waals surface area contributed by atoms with Crippen molar-refractivity contribution in [3.8, 4) is 5.75 Å². The molecule has 0 bridgehead atoms. The van der Waals surface area contributed by atoms with E-state index >= 15 is 0 Å². The first-order valence-electron chi connectivity index (χ1n) is 14.1. The van der Waals surface area contributed by atoms with Crippen LogP contribution in [0.15, 0.2) is 54.6 Å². The summed E-state index contributed by atoms with van der Waals surface area (Å²) in [6, 6.07) is 16.2.